The molecule has 0 amide bonds. The Morgan fingerprint density at radius 3 is 2.09 bits per heavy atom. The summed E-state index contributed by atoms with van der Waals surface area (Å²) in [7, 11) is 0. The van der Waals surface area contributed by atoms with Crippen molar-refractivity contribution in [2.75, 3.05) is 0 Å². The third-order valence-electron chi connectivity index (χ3n) is 1.71. The Bertz CT molecular complexity index is 290. The van der Waals surface area contributed by atoms with Crippen molar-refractivity contribution in [1.82, 2.24) is 9.97 Å². The average Bonchev–Trinajstić information content (AvgIpc) is 1.97. The summed E-state index contributed by atoms with van der Waals surface area (Å²) in [5.41, 5.74) is 3.80. The van der Waals surface area contributed by atoms with Crippen LogP contribution in [0, 0.1) is 20.8 Å². The van der Waals surface area contributed by atoms with Crippen molar-refractivity contribution in [2.45, 2.75) is 20.8 Å². The molecular formula is C9H12N2. The van der Waals surface area contributed by atoms with Gasteiger partial charge in [-0.05, 0) is 26.8 Å². The molecule has 58 valence electrons. The van der Waals surface area contributed by atoms with Crippen LogP contribution in [0.25, 0.3) is 6.08 Å². The van der Waals surface area contributed by atoms with Crippen molar-refractivity contribution < 1.29 is 0 Å². The molecule has 0 saturated carbocycles. The molecule has 2 nitrogen and oxygen atoms in total. The highest BCUT2D eigenvalue weighted by molar-refractivity contribution is 5.44. The van der Waals surface area contributed by atoms with Crippen molar-refractivity contribution in [2.24, 2.45) is 0 Å². The molecule has 0 fully saturated rings. The fourth-order valence-corrected chi connectivity index (χ4v) is 0.926. The summed E-state index contributed by atoms with van der Waals surface area (Å²) in [5, 5.41) is 0. The monoisotopic (exact) mass is 148 g/mol. The summed E-state index contributed by atoms with van der Waals surface area (Å²) in [6.45, 7) is 9.51. The van der Waals surface area contributed by atoms with Gasteiger partial charge in [-0.15, -0.1) is 0 Å². The van der Waals surface area contributed by atoms with Crippen LogP contribution in [0.3, 0.4) is 0 Å². The number of hydrogen-bond acceptors (Lipinski definition) is 2. The predicted octanol–water partition coefficient (Wildman–Crippen LogP) is 2.04. The lowest BCUT2D eigenvalue weighted by Crippen LogP contribution is -1.97. The van der Waals surface area contributed by atoms with Crippen LogP contribution in [0.2, 0.25) is 0 Å². The van der Waals surface area contributed by atoms with E-state index in [-0.39, 0.29) is 0 Å². The molecule has 0 aliphatic carbocycles. The van der Waals surface area contributed by atoms with Gasteiger partial charge < -0.3 is 0 Å². The van der Waals surface area contributed by atoms with Gasteiger partial charge in [0.2, 0.25) is 0 Å². The number of hydrogen-bond donors (Lipinski definition) is 0. The zero-order chi connectivity index (χ0) is 8.43. The highest BCUT2D eigenvalue weighted by atomic mass is 14.8. The summed E-state index contributed by atoms with van der Waals surface area (Å²) >= 11 is 0. The first-order chi connectivity index (χ1) is 5.15. The molecule has 0 spiro atoms. The summed E-state index contributed by atoms with van der Waals surface area (Å²) in [5.74, 6) is 0. The van der Waals surface area contributed by atoms with Crippen molar-refractivity contribution >= 4 is 6.08 Å². The Hall–Kier alpha value is -1.18. The largest absolute Gasteiger partial charge is 0.254 e. The molecule has 2 heteroatoms. The Balaban J connectivity index is 3.31. The summed E-state index contributed by atoms with van der Waals surface area (Å²) in [4.78, 5) is 8.62. The smallest absolute Gasteiger partial charge is 0.0839 e. The van der Waals surface area contributed by atoms with E-state index in [1.54, 1.807) is 6.08 Å². The molecule has 11 heavy (non-hydrogen) atoms. The van der Waals surface area contributed by atoms with Gasteiger partial charge in [0.1, 0.15) is 0 Å². The lowest BCUT2D eigenvalue weighted by Gasteiger charge is -2.02. The second-order valence-electron chi connectivity index (χ2n) is 2.57. The zero-order valence-electron chi connectivity index (χ0n) is 7.18. The van der Waals surface area contributed by atoms with E-state index >= 15 is 0 Å². The van der Waals surface area contributed by atoms with Gasteiger partial charge in [0, 0.05) is 0 Å². The van der Waals surface area contributed by atoms with E-state index < -0.39 is 0 Å². The molecule has 0 unspecified atom stereocenters. The van der Waals surface area contributed by atoms with Gasteiger partial charge in [0.25, 0.3) is 0 Å². The van der Waals surface area contributed by atoms with E-state index in [9.17, 15) is 0 Å². The molecule has 1 aromatic rings. The van der Waals surface area contributed by atoms with Gasteiger partial charge in [0.15, 0.2) is 0 Å². The highest BCUT2D eigenvalue weighted by Crippen LogP contribution is 2.07. The minimum absolute atomic E-state index is 0.883. The topological polar surface area (TPSA) is 25.8 Å². The van der Waals surface area contributed by atoms with E-state index in [0.29, 0.717) is 0 Å². The molecule has 0 N–H and O–H groups in total. The molecule has 0 saturated heterocycles. The zero-order valence-corrected chi connectivity index (χ0v) is 7.18. The maximum Gasteiger partial charge on any atom is 0.0839 e. The van der Waals surface area contributed by atoms with Crippen LogP contribution in [0.5, 0.6) is 0 Å². The second kappa shape index (κ2) is 2.82. The first-order valence-electron chi connectivity index (χ1n) is 3.59. The van der Waals surface area contributed by atoms with E-state index in [1.165, 1.54) is 0 Å². The third kappa shape index (κ3) is 1.45. The fraction of sp³-hybridized carbons (Fsp3) is 0.333. The SMILES string of the molecule is C=Cc1nc(C)c(C)nc1C. The fourth-order valence-electron chi connectivity index (χ4n) is 0.926. The van der Waals surface area contributed by atoms with Gasteiger partial charge in [-0.1, -0.05) is 6.58 Å². The van der Waals surface area contributed by atoms with Gasteiger partial charge >= 0.3 is 0 Å². The van der Waals surface area contributed by atoms with Gasteiger partial charge in [-0.3, -0.25) is 4.98 Å². The van der Waals surface area contributed by atoms with Crippen LogP contribution in [0.4, 0.5) is 0 Å². The Morgan fingerprint density at radius 2 is 1.55 bits per heavy atom. The van der Waals surface area contributed by atoms with Gasteiger partial charge in [-0.25, -0.2) is 4.98 Å². The van der Waals surface area contributed by atoms with E-state index in [1.807, 2.05) is 20.8 Å². The molecule has 0 bridgehead atoms. The predicted molar refractivity (Wildman–Crippen MR) is 46.3 cm³/mol. The molecular weight excluding hydrogens is 136 g/mol. The Labute approximate surface area is 67.0 Å². The van der Waals surface area contributed by atoms with E-state index in [0.717, 1.165) is 22.8 Å². The molecule has 1 aromatic heterocycles. The standard InChI is InChI=1S/C9H12N2/c1-5-9-8(4)10-6(2)7(3)11-9/h5H,1H2,2-4H3. The average molecular weight is 148 g/mol. The molecule has 1 heterocycles. The molecule has 0 aliphatic heterocycles. The van der Waals surface area contributed by atoms with Gasteiger partial charge in [-0.2, -0.15) is 0 Å². The lowest BCUT2D eigenvalue weighted by atomic mass is 10.2. The molecule has 1 rings (SSSR count). The van der Waals surface area contributed by atoms with Crippen molar-refractivity contribution in [1.29, 1.82) is 0 Å². The van der Waals surface area contributed by atoms with Crippen LogP contribution in [-0.4, -0.2) is 9.97 Å². The lowest BCUT2D eigenvalue weighted by molar-refractivity contribution is 0.991. The first kappa shape index (κ1) is 7.92. The molecule has 0 atom stereocenters. The normalized spacial score (nSPS) is 9.73. The summed E-state index contributed by atoms with van der Waals surface area (Å²) < 4.78 is 0. The molecule has 0 aromatic carbocycles. The number of aryl methyl sites for hydroxylation is 3. The van der Waals surface area contributed by atoms with Crippen LogP contribution in [0.15, 0.2) is 6.58 Å². The van der Waals surface area contributed by atoms with E-state index in [4.69, 9.17) is 0 Å². The van der Waals surface area contributed by atoms with Crippen LogP contribution in [0.1, 0.15) is 22.8 Å². The van der Waals surface area contributed by atoms with Crippen molar-refractivity contribution in [3.63, 3.8) is 0 Å². The van der Waals surface area contributed by atoms with Crippen LogP contribution in [-0.2, 0) is 0 Å². The quantitative estimate of drug-likeness (QED) is 0.609. The minimum Gasteiger partial charge on any atom is -0.254 e. The molecule has 0 aliphatic rings. The minimum atomic E-state index is 0.883. The number of nitrogens with zero attached hydrogens (tertiary/aromatic N) is 2. The number of aromatic nitrogens is 2. The van der Waals surface area contributed by atoms with Crippen LogP contribution >= 0.6 is 0 Å². The first-order valence-corrected chi connectivity index (χ1v) is 3.59. The van der Waals surface area contributed by atoms with Gasteiger partial charge in [0.05, 0.1) is 22.8 Å². The molecule has 0 radical (unpaired) electrons. The summed E-state index contributed by atoms with van der Waals surface area (Å²) in [6, 6.07) is 0. The maximum atomic E-state index is 4.31. The van der Waals surface area contributed by atoms with Crippen molar-refractivity contribution in [3.8, 4) is 0 Å². The third-order valence-corrected chi connectivity index (χ3v) is 1.71. The number of rotatable bonds is 1. The Kier molecular flexibility index (Phi) is 2.03. The Morgan fingerprint density at radius 1 is 1.00 bits per heavy atom. The van der Waals surface area contributed by atoms with E-state index in [2.05, 4.69) is 16.5 Å². The van der Waals surface area contributed by atoms with Crippen LogP contribution < -0.4 is 0 Å². The van der Waals surface area contributed by atoms with Crippen molar-refractivity contribution in [3.05, 3.63) is 29.4 Å². The second-order valence-corrected chi connectivity index (χ2v) is 2.57. The highest BCUT2D eigenvalue weighted by Gasteiger charge is 2.00. The maximum absolute atomic E-state index is 4.31. The summed E-state index contributed by atoms with van der Waals surface area (Å²) in [6.07, 6.45) is 1.73.